The van der Waals surface area contributed by atoms with Gasteiger partial charge < -0.3 is 5.21 Å². The Balaban J connectivity index is 2.72. The predicted molar refractivity (Wildman–Crippen MR) is 48.1 cm³/mol. The lowest BCUT2D eigenvalue weighted by atomic mass is 10.1. The minimum absolute atomic E-state index is 0.191. The zero-order valence-electron chi connectivity index (χ0n) is 6.96. The first-order chi connectivity index (χ1) is 6.38. The van der Waals surface area contributed by atoms with Gasteiger partial charge in [0.15, 0.2) is 0 Å². The Bertz CT molecular complexity index is 294. The van der Waals surface area contributed by atoms with Gasteiger partial charge in [0, 0.05) is 11.5 Å². The molecule has 5 heteroatoms. The van der Waals surface area contributed by atoms with Gasteiger partial charge in [0.1, 0.15) is 0 Å². The molecule has 1 aromatic rings. The second kappa shape index (κ2) is 5.16. The number of benzene rings is 1. The highest BCUT2D eigenvalue weighted by Crippen LogP contribution is 2.11. The fourth-order valence-corrected chi connectivity index (χ4v) is 1.02. The summed E-state index contributed by atoms with van der Waals surface area (Å²) in [5, 5.41) is 12.2. The van der Waals surface area contributed by atoms with Gasteiger partial charge in [0.2, 0.25) is 0 Å². The minimum Gasteiger partial charge on any atom is -0.316 e. The molecule has 0 aliphatic carbocycles. The average molecular weight is 178 g/mol. The third-order valence-electron chi connectivity index (χ3n) is 1.69. The summed E-state index contributed by atoms with van der Waals surface area (Å²) in [5.74, 6) is 0. The van der Waals surface area contributed by atoms with Crippen molar-refractivity contribution in [3.63, 3.8) is 0 Å². The van der Waals surface area contributed by atoms with Gasteiger partial charge in [-0.3, -0.25) is 0 Å². The van der Waals surface area contributed by atoms with E-state index in [0.717, 1.165) is 5.56 Å². The highest BCUT2D eigenvalue weighted by atomic mass is 16.5. The van der Waals surface area contributed by atoms with Crippen LogP contribution in [-0.4, -0.2) is 11.8 Å². The van der Waals surface area contributed by atoms with Gasteiger partial charge in [0.25, 0.3) is 0 Å². The molecule has 2 N–H and O–H groups in total. The second-order valence-corrected chi connectivity index (χ2v) is 2.51. The number of hydroxylamine groups is 1. The van der Waals surface area contributed by atoms with Crippen LogP contribution in [0.2, 0.25) is 0 Å². The summed E-state index contributed by atoms with van der Waals surface area (Å²) in [6.45, 7) is 0.191. The molecule has 0 aromatic heterocycles. The Morgan fingerprint density at radius 1 is 1.46 bits per heavy atom. The molecule has 5 nitrogen and oxygen atoms in total. The number of hydrogen-bond donors (Lipinski definition) is 2. The number of azide groups is 1. The van der Waals surface area contributed by atoms with Crippen molar-refractivity contribution < 1.29 is 5.21 Å². The van der Waals surface area contributed by atoms with E-state index in [4.69, 9.17) is 10.7 Å². The van der Waals surface area contributed by atoms with Crippen molar-refractivity contribution in [1.29, 1.82) is 0 Å². The third kappa shape index (κ3) is 2.76. The molecular formula is C8H10N4O. The lowest BCUT2D eigenvalue weighted by molar-refractivity contribution is 0.129. The Morgan fingerprint density at radius 3 is 2.69 bits per heavy atom. The molecule has 0 fully saturated rings. The zero-order chi connectivity index (χ0) is 9.52. The van der Waals surface area contributed by atoms with Crippen LogP contribution >= 0.6 is 0 Å². The Hall–Kier alpha value is -1.55. The molecule has 0 bridgehead atoms. The molecule has 0 amide bonds. The molecule has 0 aliphatic heterocycles. The Labute approximate surface area is 75.6 Å². The molecule has 68 valence electrons. The molecule has 13 heavy (non-hydrogen) atoms. The first kappa shape index (κ1) is 9.54. The smallest absolute Gasteiger partial charge is 0.0625 e. The Kier molecular flexibility index (Phi) is 3.78. The third-order valence-corrected chi connectivity index (χ3v) is 1.69. The molecule has 1 unspecified atom stereocenters. The maximum atomic E-state index is 8.77. The lowest BCUT2D eigenvalue weighted by Gasteiger charge is -2.11. The zero-order valence-corrected chi connectivity index (χ0v) is 6.96. The molecule has 1 aromatic carbocycles. The van der Waals surface area contributed by atoms with E-state index in [9.17, 15) is 0 Å². The SMILES string of the molecule is [N-]=[N+]=NCC(NO)c1ccccc1. The van der Waals surface area contributed by atoms with Crippen LogP contribution in [0.3, 0.4) is 0 Å². The van der Waals surface area contributed by atoms with Crippen LogP contribution in [0.1, 0.15) is 11.6 Å². The summed E-state index contributed by atoms with van der Waals surface area (Å²) >= 11 is 0. The summed E-state index contributed by atoms with van der Waals surface area (Å²) in [7, 11) is 0. The van der Waals surface area contributed by atoms with Crippen LogP contribution in [0.4, 0.5) is 0 Å². The highest BCUT2D eigenvalue weighted by Gasteiger charge is 2.06. The van der Waals surface area contributed by atoms with E-state index in [1.165, 1.54) is 0 Å². The van der Waals surface area contributed by atoms with Crippen LogP contribution in [0.5, 0.6) is 0 Å². The predicted octanol–water partition coefficient (Wildman–Crippen LogP) is 2.02. The standard InChI is InChI=1S/C8H10N4O/c9-12-10-6-8(11-13)7-4-2-1-3-5-7/h1-5,8,11,13H,6H2. The summed E-state index contributed by atoms with van der Waals surface area (Å²) in [4.78, 5) is 2.62. The fraction of sp³-hybridized carbons (Fsp3) is 0.250. The van der Waals surface area contributed by atoms with E-state index in [2.05, 4.69) is 15.5 Å². The number of nitrogens with one attached hydrogen (secondary N) is 1. The van der Waals surface area contributed by atoms with Gasteiger partial charge in [-0.1, -0.05) is 35.4 Å². The molecule has 0 saturated heterocycles. The number of nitrogens with zero attached hydrogens (tertiary/aromatic N) is 3. The van der Waals surface area contributed by atoms with Crippen molar-refractivity contribution in [3.05, 3.63) is 46.3 Å². The first-order valence-corrected chi connectivity index (χ1v) is 3.84. The topological polar surface area (TPSA) is 81.0 Å². The van der Waals surface area contributed by atoms with E-state index in [-0.39, 0.29) is 12.6 Å². The molecule has 0 aliphatic rings. The van der Waals surface area contributed by atoms with E-state index < -0.39 is 0 Å². The van der Waals surface area contributed by atoms with Crippen LogP contribution in [0, 0.1) is 0 Å². The van der Waals surface area contributed by atoms with Crippen molar-refractivity contribution in [2.75, 3.05) is 6.54 Å². The second-order valence-electron chi connectivity index (χ2n) is 2.51. The fourth-order valence-electron chi connectivity index (χ4n) is 1.02. The van der Waals surface area contributed by atoms with Crippen molar-refractivity contribution in [2.24, 2.45) is 5.11 Å². The van der Waals surface area contributed by atoms with Crippen LogP contribution < -0.4 is 5.48 Å². The van der Waals surface area contributed by atoms with Crippen LogP contribution in [0.15, 0.2) is 35.4 Å². The molecule has 0 radical (unpaired) electrons. The van der Waals surface area contributed by atoms with E-state index in [0.29, 0.717) is 0 Å². The Morgan fingerprint density at radius 2 is 2.15 bits per heavy atom. The quantitative estimate of drug-likeness (QED) is 0.320. The molecule has 1 atom stereocenters. The van der Waals surface area contributed by atoms with Crippen LogP contribution in [0.25, 0.3) is 10.4 Å². The summed E-state index contributed by atoms with van der Waals surface area (Å²) in [6, 6.07) is 8.95. The summed E-state index contributed by atoms with van der Waals surface area (Å²) in [6.07, 6.45) is 0. The van der Waals surface area contributed by atoms with Gasteiger partial charge in [-0.05, 0) is 11.1 Å². The summed E-state index contributed by atoms with van der Waals surface area (Å²) < 4.78 is 0. The molecule has 0 heterocycles. The summed E-state index contributed by atoms with van der Waals surface area (Å²) in [5.41, 5.74) is 11.1. The van der Waals surface area contributed by atoms with Crippen molar-refractivity contribution in [1.82, 2.24) is 5.48 Å². The van der Waals surface area contributed by atoms with E-state index >= 15 is 0 Å². The molecule has 0 saturated carbocycles. The minimum atomic E-state index is -0.336. The maximum Gasteiger partial charge on any atom is 0.0625 e. The molecule has 0 spiro atoms. The maximum absolute atomic E-state index is 8.77. The van der Waals surface area contributed by atoms with Crippen molar-refractivity contribution >= 4 is 0 Å². The number of rotatable bonds is 4. The van der Waals surface area contributed by atoms with Crippen LogP contribution in [-0.2, 0) is 0 Å². The van der Waals surface area contributed by atoms with Gasteiger partial charge >= 0.3 is 0 Å². The first-order valence-electron chi connectivity index (χ1n) is 3.84. The molecular weight excluding hydrogens is 168 g/mol. The van der Waals surface area contributed by atoms with Crippen molar-refractivity contribution in [2.45, 2.75) is 6.04 Å². The van der Waals surface area contributed by atoms with Gasteiger partial charge in [-0.15, -0.1) is 0 Å². The lowest BCUT2D eigenvalue weighted by Crippen LogP contribution is -2.19. The van der Waals surface area contributed by atoms with Gasteiger partial charge in [-0.25, -0.2) is 0 Å². The van der Waals surface area contributed by atoms with Gasteiger partial charge in [0.05, 0.1) is 6.04 Å². The van der Waals surface area contributed by atoms with E-state index in [1.807, 2.05) is 30.3 Å². The van der Waals surface area contributed by atoms with E-state index in [1.54, 1.807) is 0 Å². The monoisotopic (exact) mass is 178 g/mol. The average Bonchev–Trinajstić information content (AvgIpc) is 2.21. The number of hydrogen-bond acceptors (Lipinski definition) is 3. The largest absolute Gasteiger partial charge is 0.316 e. The van der Waals surface area contributed by atoms with Gasteiger partial charge in [-0.2, -0.15) is 5.48 Å². The van der Waals surface area contributed by atoms with Crippen molar-refractivity contribution in [3.8, 4) is 0 Å². The highest BCUT2D eigenvalue weighted by molar-refractivity contribution is 5.18. The molecule has 1 rings (SSSR count). The normalized spacial score (nSPS) is 11.8.